The predicted molar refractivity (Wildman–Crippen MR) is 158 cm³/mol. The van der Waals surface area contributed by atoms with Crippen LogP contribution in [0.2, 0.25) is 0 Å². The highest BCUT2D eigenvalue weighted by Crippen LogP contribution is 2.53. The number of nitrogens with one attached hydrogen (secondary N) is 1. The molecular formula is C32H54N2O6. The van der Waals surface area contributed by atoms with Gasteiger partial charge in [-0.05, 0) is 79.4 Å². The molecule has 1 aliphatic heterocycles. The van der Waals surface area contributed by atoms with Crippen molar-refractivity contribution in [2.75, 3.05) is 40.6 Å². The van der Waals surface area contributed by atoms with Crippen LogP contribution < -0.4 is 20.5 Å². The van der Waals surface area contributed by atoms with Gasteiger partial charge in [-0.25, -0.2) is 0 Å². The Labute approximate surface area is 241 Å². The van der Waals surface area contributed by atoms with Crippen molar-refractivity contribution < 1.29 is 28.8 Å². The topological polar surface area (TPSA) is 112 Å². The number of benzene rings is 1. The van der Waals surface area contributed by atoms with Gasteiger partial charge in [0, 0.05) is 51.4 Å². The Morgan fingerprint density at radius 3 is 2.45 bits per heavy atom. The second-order valence-corrected chi connectivity index (χ2v) is 12.7. The van der Waals surface area contributed by atoms with Crippen molar-refractivity contribution in [3.05, 3.63) is 23.8 Å². The summed E-state index contributed by atoms with van der Waals surface area (Å²) in [7, 11) is 3.33. The van der Waals surface area contributed by atoms with Crippen LogP contribution in [-0.4, -0.2) is 69.8 Å². The molecule has 0 bridgehead atoms. The van der Waals surface area contributed by atoms with Crippen LogP contribution in [-0.2, 0) is 20.7 Å². The first-order valence-electron chi connectivity index (χ1n) is 15.2. The lowest BCUT2D eigenvalue weighted by Gasteiger charge is -2.30. The molecule has 0 radical (unpaired) electrons. The Balaban J connectivity index is 1.57. The molecule has 1 aliphatic carbocycles. The summed E-state index contributed by atoms with van der Waals surface area (Å²) in [6.07, 6.45) is 5.00. The van der Waals surface area contributed by atoms with Crippen molar-refractivity contribution in [3.8, 4) is 11.5 Å². The number of rotatable bonds is 17. The van der Waals surface area contributed by atoms with Crippen molar-refractivity contribution in [3.63, 3.8) is 0 Å². The summed E-state index contributed by atoms with van der Waals surface area (Å²) in [5.74, 6) is 1.98. The monoisotopic (exact) mass is 562 g/mol. The fraction of sp³-hybridized carbons (Fsp3) is 0.781. The molecule has 228 valence electrons. The summed E-state index contributed by atoms with van der Waals surface area (Å²) in [5.41, 5.74) is 7.98. The van der Waals surface area contributed by atoms with Crippen molar-refractivity contribution >= 4 is 5.91 Å². The molecule has 40 heavy (non-hydrogen) atoms. The van der Waals surface area contributed by atoms with E-state index in [4.69, 9.17) is 24.7 Å². The minimum absolute atomic E-state index is 0.0475. The molecule has 0 aromatic heterocycles. The third-order valence-corrected chi connectivity index (χ3v) is 9.12. The SMILES string of the molecule is COCCCOc1cc(C[C@@H](C[C@H](N)[C@@H](O)C[C@H](C(=O)N[C@@H]2CC23CCOCC3)C(C)C)C(C)C)ccc1OC. The summed E-state index contributed by atoms with van der Waals surface area (Å²) < 4.78 is 22.1. The third-order valence-electron chi connectivity index (χ3n) is 9.12. The number of carbonyl (C=O) groups is 1. The Kier molecular flexibility index (Phi) is 12.6. The van der Waals surface area contributed by atoms with Gasteiger partial charge >= 0.3 is 0 Å². The van der Waals surface area contributed by atoms with E-state index in [1.165, 1.54) is 0 Å². The van der Waals surface area contributed by atoms with Gasteiger partial charge < -0.3 is 35.1 Å². The van der Waals surface area contributed by atoms with Gasteiger partial charge in [-0.1, -0.05) is 33.8 Å². The van der Waals surface area contributed by atoms with Crippen LogP contribution in [0.25, 0.3) is 0 Å². The molecule has 1 heterocycles. The molecule has 1 spiro atoms. The van der Waals surface area contributed by atoms with E-state index in [0.29, 0.717) is 37.7 Å². The van der Waals surface area contributed by atoms with Crippen LogP contribution in [0.1, 0.15) is 71.8 Å². The van der Waals surface area contributed by atoms with E-state index < -0.39 is 12.1 Å². The maximum absolute atomic E-state index is 13.3. The highest BCUT2D eigenvalue weighted by Gasteiger charge is 2.55. The van der Waals surface area contributed by atoms with E-state index in [9.17, 15) is 9.90 Å². The van der Waals surface area contributed by atoms with Gasteiger partial charge in [-0.15, -0.1) is 0 Å². The average Bonchev–Trinajstić information content (AvgIpc) is 3.58. The summed E-state index contributed by atoms with van der Waals surface area (Å²) in [5, 5.41) is 14.5. The van der Waals surface area contributed by atoms with Crippen molar-refractivity contribution in [2.24, 2.45) is 34.8 Å². The zero-order chi connectivity index (χ0) is 29.3. The van der Waals surface area contributed by atoms with E-state index in [1.807, 2.05) is 12.1 Å². The zero-order valence-electron chi connectivity index (χ0n) is 25.6. The number of amides is 1. The number of nitrogens with two attached hydrogens (primary N) is 1. The minimum Gasteiger partial charge on any atom is -0.493 e. The molecular weight excluding hydrogens is 508 g/mol. The molecule has 1 saturated heterocycles. The molecule has 1 aromatic rings. The third kappa shape index (κ3) is 9.07. The number of methoxy groups -OCH3 is 2. The van der Waals surface area contributed by atoms with Crippen molar-refractivity contribution in [1.82, 2.24) is 5.32 Å². The molecule has 0 unspecified atom stereocenters. The van der Waals surface area contributed by atoms with E-state index in [-0.39, 0.29) is 35.1 Å². The molecule has 8 nitrogen and oxygen atoms in total. The lowest BCUT2D eigenvalue weighted by Crippen LogP contribution is -2.44. The van der Waals surface area contributed by atoms with Gasteiger partial charge in [-0.2, -0.15) is 0 Å². The van der Waals surface area contributed by atoms with Crippen LogP contribution in [0.3, 0.4) is 0 Å². The Morgan fingerprint density at radius 2 is 1.82 bits per heavy atom. The Hall–Kier alpha value is -1.87. The highest BCUT2D eigenvalue weighted by atomic mass is 16.5. The van der Waals surface area contributed by atoms with Gasteiger partial charge in [0.15, 0.2) is 11.5 Å². The first-order chi connectivity index (χ1) is 19.1. The summed E-state index contributed by atoms with van der Waals surface area (Å²) in [4.78, 5) is 13.3. The van der Waals surface area contributed by atoms with Gasteiger partial charge in [0.1, 0.15) is 0 Å². The Morgan fingerprint density at radius 1 is 1.10 bits per heavy atom. The quantitative estimate of drug-likeness (QED) is 0.242. The molecule has 5 atom stereocenters. The molecule has 2 fully saturated rings. The largest absolute Gasteiger partial charge is 0.493 e. The van der Waals surface area contributed by atoms with Gasteiger partial charge in [0.05, 0.1) is 19.8 Å². The molecule has 1 aromatic carbocycles. The number of aliphatic hydroxyl groups is 1. The smallest absolute Gasteiger partial charge is 0.223 e. The number of ether oxygens (including phenoxy) is 4. The molecule has 3 rings (SSSR count). The second-order valence-electron chi connectivity index (χ2n) is 12.7. The van der Waals surface area contributed by atoms with E-state index in [1.54, 1.807) is 14.2 Å². The molecule has 1 amide bonds. The lowest BCUT2D eigenvalue weighted by atomic mass is 9.80. The van der Waals surface area contributed by atoms with E-state index in [2.05, 4.69) is 39.1 Å². The highest BCUT2D eigenvalue weighted by molar-refractivity contribution is 5.79. The number of hydrogen-bond donors (Lipinski definition) is 3. The standard InChI is InChI=1S/C32H54N2O6/c1-21(2)24(16-23-8-9-28(38-6)29(17-23)40-13-7-12-37-5)18-26(33)27(35)19-25(22(3)4)31(36)34-30-20-32(30)10-14-39-15-11-32/h8-9,17,21-22,24-27,30,35H,7,10-16,18-20,33H2,1-6H3,(H,34,36)/t24-,25-,26-,27-,30+/m0/s1. The van der Waals surface area contributed by atoms with Crippen LogP contribution in [0.15, 0.2) is 18.2 Å². The van der Waals surface area contributed by atoms with E-state index >= 15 is 0 Å². The molecule has 1 saturated carbocycles. The van der Waals surface area contributed by atoms with Crippen LogP contribution in [0.5, 0.6) is 11.5 Å². The fourth-order valence-electron chi connectivity index (χ4n) is 6.02. The van der Waals surface area contributed by atoms with Gasteiger partial charge in [0.2, 0.25) is 5.91 Å². The van der Waals surface area contributed by atoms with Crippen LogP contribution >= 0.6 is 0 Å². The zero-order valence-corrected chi connectivity index (χ0v) is 25.6. The Bertz CT molecular complexity index is 917. The molecule has 2 aliphatic rings. The van der Waals surface area contributed by atoms with Crippen LogP contribution in [0.4, 0.5) is 0 Å². The fourth-order valence-corrected chi connectivity index (χ4v) is 6.02. The first kappa shape index (κ1) is 32.6. The maximum atomic E-state index is 13.3. The first-order valence-corrected chi connectivity index (χ1v) is 15.2. The number of hydrogen-bond acceptors (Lipinski definition) is 7. The lowest BCUT2D eigenvalue weighted by molar-refractivity contribution is -0.128. The minimum atomic E-state index is -0.744. The normalized spacial score (nSPS) is 21.2. The second kappa shape index (κ2) is 15.4. The molecule has 4 N–H and O–H groups in total. The summed E-state index contributed by atoms with van der Waals surface area (Å²) in [6.45, 7) is 11.3. The van der Waals surface area contributed by atoms with Crippen molar-refractivity contribution in [2.45, 2.75) is 90.8 Å². The van der Waals surface area contributed by atoms with Gasteiger partial charge in [-0.3, -0.25) is 4.79 Å². The molecule has 8 heteroatoms. The predicted octanol–water partition coefficient (Wildman–Crippen LogP) is 4.35. The summed E-state index contributed by atoms with van der Waals surface area (Å²) in [6, 6.07) is 5.89. The van der Waals surface area contributed by atoms with Crippen LogP contribution in [0, 0.1) is 29.1 Å². The summed E-state index contributed by atoms with van der Waals surface area (Å²) >= 11 is 0. The van der Waals surface area contributed by atoms with Gasteiger partial charge in [0.25, 0.3) is 0 Å². The number of aliphatic hydroxyl groups excluding tert-OH is 1. The number of carbonyl (C=O) groups excluding carboxylic acids is 1. The average molecular weight is 563 g/mol. The van der Waals surface area contributed by atoms with E-state index in [0.717, 1.165) is 56.6 Å². The van der Waals surface area contributed by atoms with Crippen molar-refractivity contribution in [1.29, 1.82) is 0 Å². The maximum Gasteiger partial charge on any atom is 0.223 e.